The van der Waals surface area contributed by atoms with Crippen LogP contribution in [0, 0.1) is 5.41 Å². The lowest BCUT2D eigenvalue weighted by Gasteiger charge is -2.23. The van der Waals surface area contributed by atoms with Crippen LogP contribution in [0.5, 0.6) is 0 Å². The fourth-order valence-electron chi connectivity index (χ4n) is 1.70. The van der Waals surface area contributed by atoms with Gasteiger partial charge in [-0.3, -0.25) is 0 Å². The minimum atomic E-state index is -0.867. The van der Waals surface area contributed by atoms with E-state index in [1.165, 1.54) is 0 Å². The van der Waals surface area contributed by atoms with Gasteiger partial charge in [0.15, 0.2) is 0 Å². The van der Waals surface area contributed by atoms with Crippen molar-refractivity contribution in [1.29, 1.82) is 0 Å². The Kier molecular flexibility index (Phi) is 2.06. The zero-order valence-corrected chi connectivity index (χ0v) is 7.79. The highest BCUT2D eigenvalue weighted by Crippen LogP contribution is 2.53. The predicted molar refractivity (Wildman–Crippen MR) is 46.9 cm³/mol. The summed E-state index contributed by atoms with van der Waals surface area (Å²) in [4.78, 5) is 0. The van der Waals surface area contributed by atoms with Crippen LogP contribution in [0.4, 0.5) is 4.39 Å². The van der Waals surface area contributed by atoms with Crippen LogP contribution in [-0.4, -0.2) is 24.0 Å². The lowest BCUT2D eigenvalue weighted by Crippen LogP contribution is -2.26. The largest absolute Gasteiger partial charge is 0.495 e. The van der Waals surface area contributed by atoms with Gasteiger partial charge in [0, 0.05) is 5.41 Å². The molecule has 0 saturated heterocycles. The molecule has 1 fully saturated rings. The Morgan fingerprint density at radius 2 is 2.46 bits per heavy atom. The van der Waals surface area contributed by atoms with Crippen molar-refractivity contribution >= 4 is 0 Å². The highest BCUT2D eigenvalue weighted by molar-refractivity contribution is 5.16. The predicted octanol–water partition coefficient (Wildman–Crippen LogP) is 1.79. The molecule has 2 nitrogen and oxygen atoms in total. The highest BCUT2D eigenvalue weighted by Gasteiger charge is 2.57. The molecule has 0 radical (unpaired) electrons. The molecule has 0 bridgehead atoms. The van der Waals surface area contributed by atoms with Crippen molar-refractivity contribution in [3.05, 3.63) is 11.8 Å². The summed E-state index contributed by atoms with van der Waals surface area (Å²) in [6.07, 6.45) is 2.64. The molecule has 0 aromatic carbocycles. The van der Waals surface area contributed by atoms with Gasteiger partial charge in [-0.1, -0.05) is 6.92 Å². The molecular formula is C10H15FO2. The van der Waals surface area contributed by atoms with E-state index in [0.29, 0.717) is 18.8 Å². The van der Waals surface area contributed by atoms with Crippen LogP contribution in [0.3, 0.4) is 0 Å². The van der Waals surface area contributed by atoms with Crippen molar-refractivity contribution in [3.8, 4) is 0 Å². The zero-order chi connectivity index (χ0) is 9.47. The Morgan fingerprint density at radius 3 is 2.92 bits per heavy atom. The first-order valence-corrected chi connectivity index (χ1v) is 4.79. The molecule has 3 heteroatoms. The Labute approximate surface area is 77.4 Å². The van der Waals surface area contributed by atoms with Gasteiger partial charge in [0.2, 0.25) is 0 Å². The van der Waals surface area contributed by atoms with Gasteiger partial charge in [-0.05, 0) is 25.3 Å². The van der Waals surface area contributed by atoms with E-state index < -0.39 is 17.7 Å². The number of rotatable bonds is 2. The van der Waals surface area contributed by atoms with Gasteiger partial charge in [-0.25, -0.2) is 4.39 Å². The molecular weight excluding hydrogens is 171 g/mol. The average Bonchev–Trinajstić information content (AvgIpc) is 2.76. The van der Waals surface area contributed by atoms with E-state index in [0.717, 1.165) is 12.8 Å². The van der Waals surface area contributed by atoms with Gasteiger partial charge in [0.05, 0.1) is 6.61 Å². The molecule has 1 saturated carbocycles. The van der Waals surface area contributed by atoms with Crippen LogP contribution in [0.1, 0.15) is 26.2 Å². The molecule has 1 aliphatic carbocycles. The van der Waals surface area contributed by atoms with Gasteiger partial charge in [0.1, 0.15) is 18.0 Å². The molecule has 0 aromatic heterocycles. The second-order valence-electron chi connectivity index (χ2n) is 4.18. The quantitative estimate of drug-likeness (QED) is 0.712. The maximum atomic E-state index is 12.9. The van der Waals surface area contributed by atoms with E-state index in [-0.39, 0.29) is 0 Å². The summed E-state index contributed by atoms with van der Waals surface area (Å²) in [5, 5.41) is 9.81. The molecule has 13 heavy (non-hydrogen) atoms. The summed E-state index contributed by atoms with van der Waals surface area (Å²) < 4.78 is 18.2. The SMILES string of the molecule is CC1(C(O)C2=CCCCO2)CC1F. The third kappa shape index (κ3) is 1.46. The van der Waals surface area contributed by atoms with Crippen molar-refractivity contribution in [2.75, 3.05) is 6.61 Å². The number of aliphatic hydroxyl groups excluding tert-OH is 1. The number of allylic oxidation sites excluding steroid dienone is 1. The van der Waals surface area contributed by atoms with Gasteiger partial charge < -0.3 is 9.84 Å². The van der Waals surface area contributed by atoms with Crippen LogP contribution in [0.25, 0.3) is 0 Å². The summed E-state index contributed by atoms with van der Waals surface area (Å²) in [5.74, 6) is 0.578. The molecule has 0 spiro atoms. The molecule has 3 unspecified atom stereocenters. The molecule has 0 aromatic rings. The third-order valence-corrected chi connectivity index (χ3v) is 3.03. The maximum Gasteiger partial charge on any atom is 0.121 e. The standard InChI is InChI=1S/C10H15FO2/c1-10(6-8(10)11)9(12)7-4-2-3-5-13-7/h4,8-9,12H,2-3,5-6H2,1H3. The number of halogens is 1. The molecule has 2 aliphatic rings. The van der Waals surface area contributed by atoms with Crippen LogP contribution >= 0.6 is 0 Å². The normalized spacial score (nSPS) is 40.5. The van der Waals surface area contributed by atoms with Gasteiger partial charge >= 0.3 is 0 Å². The van der Waals surface area contributed by atoms with E-state index in [9.17, 15) is 9.50 Å². The van der Waals surface area contributed by atoms with Gasteiger partial charge in [-0.2, -0.15) is 0 Å². The van der Waals surface area contributed by atoms with Crippen molar-refractivity contribution in [1.82, 2.24) is 0 Å². The van der Waals surface area contributed by atoms with Crippen molar-refractivity contribution in [3.63, 3.8) is 0 Å². The zero-order valence-electron chi connectivity index (χ0n) is 7.79. The summed E-state index contributed by atoms with van der Waals surface area (Å²) in [5.41, 5.74) is -0.580. The topological polar surface area (TPSA) is 29.5 Å². The molecule has 74 valence electrons. The van der Waals surface area contributed by atoms with Crippen molar-refractivity contribution in [2.45, 2.75) is 38.5 Å². The number of hydrogen-bond donors (Lipinski definition) is 1. The Balaban J connectivity index is 2.04. The maximum absolute atomic E-state index is 12.9. The Hall–Kier alpha value is -0.570. The lowest BCUT2D eigenvalue weighted by molar-refractivity contribution is 0.0427. The lowest BCUT2D eigenvalue weighted by atomic mass is 9.98. The van der Waals surface area contributed by atoms with Crippen LogP contribution in [-0.2, 0) is 4.74 Å². The molecule has 2 rings (SSSR count). The van der Waals surface area contributed by atoms with Crippen molar-refractivity contribution in [2.24, 2.45) is 5.41 Å². The molecule has 3 atom stereocenters. The number of hydrogen-bond acceptors (Lipinski definition) is 2. The van der Waals surface area contributed by atoms with Crippen LogP contribution < -0.4 is 0 Å². The van der Waals surface area contributed by atoms with E-state index in [2.05, 4.69) is 0 Å². The van der Waals surface area contributed by atoms with Crippen LogP contribution in [0.2, 0.25) is 0 Å². The fourth-order valence-corrected chi connectivity index (χ4v) is 1.70. The number of ether oxygens (including phenoxy) is 1. The number of aliphatic hydroxyl groups is 1. The summed E-state index contributed by atoms with van der Waals surface area (Å²) in [7, 11) is 0. The van der Waals surface area contributed by atoms with Crippen LogP contribution in [0.15, 0.2) is 11.8 Å². The van der Waals surface area contributed by atoms with Gasteiger partial charge in [0.25, 0.3) is 0 Å². The van der Waals surface area contributed by atoms with E-state index >= 15 is 0 Å². The summed E-state index contributed by atoms with van der Waals surface area (Å²) >= 11 is 0. The Bertz CT molecular complexity index is 239. The number of alkyl halides is 1. The molecule has 0 amide bonds. The fraction of sp³-hybridized carbons (Fsp3) is 0.800. The highest BCUT2D eigenvalue weighted by atomic mass is 19.1. The molecule has 1 heterocycles. The van der Waals surface area contributed by atoms with E-state index in [4.69, 9.17) is 4.74 Å². The second-order valence-corrected chi connectivity index (χ2v) is 4.18. The third-order valence-electron chi connectivity index (χ3n) is 3.03. The first kappa shape index (κ1) is 9.00. The second kappa shape index (κ2) is 2.98. The average molecular weight is 186 g/mol. The minimum Gasteiger partial charge on any atom is -0.495 e. The van der Waals surface area contributed by atoms with E-state index in [1.807, 2.05) is 6.08 Å². The molecule has 1 aliphatic heterocycles. The molecule has 1 N–H and O–H groups in total. The monoisotopic (exact) mass is 186 g/mol. The minimum absolute atomic E-state index is 0.453. The van der Waals surface area contributed by atoms with Crippen molar-refractivity contribution < 1.29 is 14.2 Å². The smallest absolute Gasteiger partial charge is 0.121 e. The van der Waals surface area contributed by atoms with Gasteiger partial charge in [-0.15, -0.1) is 0 Å². The first-order valence-electron chi connectivity index (χ1n) is 4.79. The first-order chi connectivity index (χ1) is 6.14. The Morgan fingerprint density at radius 1 is 1.77 bits per heavy atom. The summed E-state index contributed by atoms with van der Waals surface area (Å²) in [6, 6.07) is 0. The summed E-state index contributed by atoms with van der Waals surface area (Å²) in [6.45, 7) is 2.41. The van der Waals surface area contributed by atoms with E-state index in [1.54, 1.807) is 6.92 Å².